The highest BCUT2D eigenvalue weighted by Crippen LogP contribution is 2.04. The van der Waals surface area contributed by atoms with Gasteiger partial charge in [-0.2, -0.15) is 5.26 Å². The minimum absolute atomic E-state index is 0.0546. The van der Waals surface area contributed by atoms with Crippen LogP contribution in [0.1, 0.15) is 20.3 Å². The summed E-state index contributed by atoms with van der Waals surface area (Å²) in [5.41, 5.74) is 0. The maximum Gasteiger partial charge on any atom is 0.166 e. The van der Waals surface area contributed by atoms with Crippen molar-refractivity contribution in [1.29, 1.82) is 5.26 Å². The molecule has 0 aliphatic heterocycles. The van der Waals surface area contributed by atoms with Gasteiger partial charge in [0, 0.05) is 5.75 Å². The standard InChI is InChI=1S/C6H11NO2S/c1-3-6(5-7)10(8,9)4-2/h6H,3-4H2,1-2H3. The summed E-state index contributed by atoms with van der Waals surface area (Å²) >= 11 is 0. The van der Waals surface area contributed by atoms with Crippen LogP contribution in [0.2, 0.25) is 0 Å². The maximum absolute atomic E-state index is 10.9. The molecule has 0 aromatic heterocycles. The predicted octanol–water partition coefficient (Wildman–Crippen LogP) is 0.723. The molecule has 0 aromatic carbocycles. The van der Waals surface area contributed by atoms with E-state index in [1.54, 1.807) is 19.9 Å². The van der Waals surface area contributed by atoms with Crippen LogP contribution in [0.5, 0.6) is 0 Å². The van der Waals surface area contributed by atoms with Gasteiger partial charge in [0.25, 0.3) is 0 Å². The van der Waals surface area contributed by atoms with Gasteiger partial charge in [-0.1, -0.05) is 13.8 Å². The Hall–Kier alpha value is -0.560. The summed E-state index contributed by atoms with van der Waals surface area (Å²) in [4.78, 5) is 0. The second-order valence-electron chi connectivity index (χ2n) is 1.98. The first-order chi connectivity index (χ1) is 4.58. The maximum atomic E-state index is 10.9. The molecular weight excluding hydrogens is 150 g/mol. The fraction of sp³-hybridized carbons (Fsp3) is 0.833. The molecule has 0 aromatic rings. The predicted molar refractivity (Wildman–Crippen MR) is 39.2 cm³/mol. The minimum Gasteiger partial charge on any atom is -0.227 e. The van der Waals surface area contributed by atoms with E-state index in [1.807, 2.05) is 0 Å². The quantitative estimate of drug-likeness (QED) is 0.613. The normalized spacial score (nSPS) is 14.1. The summed E-state index contributed by atoms with van der Waals surface area (Å²) in [6, 6.07) is 1.75. The molecule has 0 rings (SSSR count). The van der Waals surface area contributed by atoms with E-state index < -0.39 is 15.1 Å². The van der Waals surface area contributed by atoms with E-state index in [2.05, 4.69) is 0 Å². The molecule has 4 heteroatoms. The third kappa shape index (κ3) is 1.99. The van der Waals surface area contributed by atoms with Crippen LogP contribution in [-0.2, 0) is 9.84 Å². The number of nitrogens with zero attached hydrogens (tertiary/aromatic N) is 1. The van der Waals surface area contributed by atoms with Gasteiger partial charge in [-0.15, -0.1) is 0 Å². The lowest BCUT2D eigenvalue weighted by molar-refractivity contribution is 0.588. The molecule has 0 saturated carbocycles. The molecule has 0 heterocycles. The Morgan fingerprint density at radius 2 is 2.00 bits per heavy atom. The second kappa shape index (κ2) is 3.57. The van der Waals surface area contributed by atoms with Crippen LogP contribution in [0.25, 0.3) is 0 Å². The van der Waals surface area contributed by atoms with Gasteiger partial charge in [0.15, 0.2) is 9.84 Å². The van der Waals surface area contributed by atoms with Crippen molar-refractivity contribution >= 4 is 9.84 Å². The number of hydrogen-bond donors (Lipinski definition) is 0. The van der Waals surface area contributed by atoms with Crippen LogP contribution >= 0.6 is 0 Å². The fourth-order valence-electron chi connectivity index (χ4n) is 0.627. The van der Waals surface area contributed by atoms with Gasteiger partial charge < -0.3 is 0 Å². The van der Waals surface area contributed by atoms with Crippen LogP contribution < -0.4 is 0 Å². The third-order valence-electron chi connectivity index (χ3n) is 1.35. The highest BCUT2D eigenvalue weighted by atomic mass is 32.2. The molecule has 0 fully saturated rings. The van der Waals surface area contributed by atoms with Crippen molar-refractivity contribution < 1.29 is 8.42 Å². The van der Waals surface area contributed by atoms with Crippen molar-refractivity contribution in [3.8, 4) is 6.07 Å². The molecule has 0 bridgehead atoms. The minimum atomic E-state index is -3.12. The Kier molecular flexibility index (Phi) is 3.37. The molecular formula is C6H11NO2S. The molecule has 0 N–H and O–H groups in total. The van der Waals surface area contributed by atoms with E-state index in [0.717, 1.165) is 0 Å². The molecule has 1 unspecified atom stereocenters. The monoisotopic (exact) mass is 161 g/mol. The van der Waals surface area contributed by atoms with Crippen LogP contribution in [0.3, 0.4) is 0 Å². The molecule has 0 aliphatic carbocycles. The number of nitriles is 1. The summed E-state index contributed by atoms with van der Waals surface area (Å²) < 4.78 is 21.9. The van der Waals surface area contributed by atoms with Crippen molar-refractivity contribution in [3.63, 3.8) is 0 Å². The van der Waals surface area contributed by atoms with Crippen LogP contribution in [0.4, 0.5) is 0 Å². The average Bonchev–Trinajstić information content (AvgIpc) is 1.90. The fourth-order valence-corrected chi connectivity index (χ4v) is 1.70. The molecule has 58 valence electrons. The zero-order chi connectivity index (χ0) is 8.20. The van der Waals surface area contributed by atoms with Crippen molar-refractivity contribution in [2.45, 2.75) is 25.5 Å². The van der Waals surface area contributed by atoms with E-state index in [1.165, 1.54) is 0 Å². The van der Waals surface area contributed by atoms with E-state index >= 15 is 0 Å². The van der Waals surface area contributed by atoms with Gasteiger partial charge in [-0.3, -0.25) is 0 Å². The van der Waals surface area contributed by atoms with Gasteiger partial charge in [-0.05, 0) is 6.42 Å². The number of hydrogen-bond acceptors (Lipinski definition) is 3. The highest BCUT2D eigenvalue weighted by molar-refractivity contribution is 7.92. The van der Waals surface area contributed by atoms with E-state index in [-0.39, 0.29) is 5.75 Å². The van der Waals surface area contributed by atoms with E-state index in [4.69, 9.17) is 5.26 Å². The molecule has 0 saturated heterocycles. The highest BCUT2D eigenvalue weighted by Gasteiger charge is 2.20. The second-order valence-corrected chi connectivity index (χ2v) is 4.45. The molecule has 0 aliphatic rings. The van der Waals surface area contributed by atoms with Crippen molar-refractivity contribution in [1.82, 2.24) is 0 Å². The largest absolute Gasteiger partial charge is 0.227 e. The Balaban J connectivity index is 4.49. The Labute approximate surface area is 61.6 Å². The molecule has 0 spiro atoms. The summed E-state index contributed by atoms with van der Waals surface area (Å²) in [5, 5.41) is 7.56. The molecule has 10 heavy (non-hydrogen) atoms. The number of sulfone groups is 1. The SMILES string of the molecule is CCC(C#N)S(=O)(=O)CC. The molecule has 1 atom stereocenters. The van der Waals surface area contributed by atoms with Crippen LogP contribution in [0, 0.1) is 11.3 Å². The summed E-state index contributed by atoms with van der Waals surface area (Å²) in [5.74, 6) is 0.0546. The third-order valence-corrected chi connectivity index (χ3v) is 3.46. The lowest BCUT2D eigenvalue weighted by Crippen LogP contribution is -2.20. The Morgan fingerprint density at radius 1 is 1.50 bits per heavy atom. The van der Waals surface area contributed by atoms with Gasteiger partial charge in [-0.25, -0.2) is 8.42 Å². The summed E-state index contributed by atoms with van der Waals surface area (Å²) in [6.45, 7) is 3.25. The van der Waals surface area contributed by atoms with Gasteiger partial charge >= 0.3 is 0 Å². The lowest BCUT2D eigenvalue weighted by atomic mass is 10.4. The van der Waals surface area contributed by atoms with Gasteiger partial charge in [0.2, 0.25) is 0 Å². The summed E-state index contributed by atoms with van der Waals surface area (Å²) in [7, 11) is -3.12. The molecule has 3 nitrogen and oxygen atoms in total. The first-order valence-corrected chi connectivity index (χ1v) is 4.91. The molecule has 0 amide bonds. The van der Waals surface area contributed by atoms with Crippen LogP contribution in [0.15, 0.2) is 0 Å². The first kappa shape index (κ1) is 9.44. The van der Waals surface area contributed by atoms with Gasteiger partial charge in [0.1, 0.15) is 5.25 Å². The first-order valence-electron chi connectivity index (χ1n) is 3.19. The topological polar surface area (TPSA) is 57.9 Å². The van der Waals surface area contributed by atoms with Crippen molar-refractivity contribution in [2.75, 3.05) is 5.75 Å². The smallest absolute Gasteiger partial charge is 0.166 e. The van der Waals surface area contributed by atoms with Crippen LogP contribution in [-0.4, -0.2) is 19.4 Å². The van der Waals surface area contributed by atoms with Crippen molar-refractivity contribution in [3.05, 3.63) is 0 Å². The van der Waals surface area contributed by atoms with E-state index in [9.17, 15) is 8.42 Å². The zero-order valence-corrected chi connectivity index (χ0v) is 6.98. The molecule has 0 radical (unpaired) electrons. The summed E-state index contributed by atoms with van der Waals surface area (Å²) in [6.07, 6.45) is 0.382. The van der Waals surface area contributed by atoms with Crippen molar-refractivity contribution in [2.24, 2.45) is 0 Å². The van der Waals surface area contributed by atoms with E-state index in [0.29, 0.717) is 6.42 Å². The zero-order valence-electron chi connectivity index (χ0n) is 6.16. The Morgan fingerprint density at radius 3 is 2.10 bits per heavy atom. The van der Waals surface area contributed by atoms with Gasteiger partial charge in [0.05, 0.1) is 6.07 Å². The number of rotatable bonds is 3. The lowest BCUT2D eigenvalue weighted by Gasteiger charge is -2.03. The Bertz CT molecular complexity index is 225. The average molecular weight is 161 g/mol.